The van der Waals surface area contributed by atoms with Crippen molar-refractivity contribution < 1.29 is 24.2 Å². The number of ether oxygens (including phenoxy) is 1. The van der Waals surface area contributed by atoms with E-state index in [0.29, 0.717) is 19.4 Å². The van der Waals surface area contributed by atoms with Gasteiger partial charge in [-0.1, -0.05) is 39.0 Å². The number of carboxylic acids is 1. The minimum Gasteiger partial charge on any atom is -0.480 e. The Morgan fingerprint density at radius 1 is 1.18 bits per heavy atom. The number of nitrogens with one attached hydrogen (secondary N) is 1. The average Bonchev–Trinajstić information content (AvgIpc) is 3.06. The molecule has 1 saturated heterocycles. The fourth-order valence-corrected chi connectivity index (χ4v) is 4.70. The van der Waals surface area contributed by atoms with Crippen LogP contribution in [0.3, 0.4) is 0 Å². The molecule has 28 heavy (non-hydrogen) atoms. The minimum atomic E-state index is -0.931. The predicted octanol–water partition coefficient (Wildman–Crippen LogP) is 2.72. The number of carboxylic acid groups (broad SMARTS) is 1. The Bertz CT molecular complexity index is 553. The molecule has 7 heteroatoms. The van der Waals surface area contributed by atoms with Gasteiger partial charge in [-0.15, -0.1) is 0 Å². The lowest BCUT2D eigenvalue weighted by Crippen LogP contribution is -2.55. The van der Waals surface area contributed by atoms with Crippen LogP contribution >= 0.6 is 0 Å². The van der Waals surface area contributed by atoms with E-state index in [2.05, 4.69) is 12.2 Å². The number of unbranched alkanes of at least 4 members (excludes halogenated alkanes) is 2. The molecule has 1 heterocycles. The molecule has 7 nitrogen and oxygen atoms in total. The van der Waals surface area contributed by atoms with Gasteiger partial charge in [0.05, 0.1) is 12.6 Å². The Hall–Kier alpha value is -1.63. The summed E-state index contributed by atoms with van der Waals surface area (Å²) in [5.74, 6) is -1.21. The summed E-state index contributed by atoms with van der Waals surface area (Å²) in [5.41, 5.74) is 0. The monoisotopic (exact) mass is 396 g/mol. The zero-order chi connectivity index (χ0) is 20.7. The number of likely N-dealkylation sites (tertiary alicyclic amines) is 1. The molecule has 160 valence electrons. The summed E-state index contributed by atoms with van der Waals surface area (Å²) in [6.45, 7) is 5.88. The lowest BCUT2D eigenvalue weighted by atomic mass is 9.84. The molecule has 0 aromatic carbocycles. The molecule has 1 aliphatic heterocycles. The molecule has 5 atom stereocenters. The van der Waals surface area contributed by atoms with Crippen LogP contribution in [0, 0.1) is 5.92 Å². The molecule has 0 bridgehead atoms. The first-order valence-corrected chi connectivity index (χ1v) is 10.9. The number of hydrogen-bond acceptors (Lipinski definition) is 5. The van der Waals surface area contributed by atoms with E-state index in [0.717, 1.165) is 44.9 Å². The van der Waals surface area contributed by atoms with Gasteiger partial charge in [0, 0.05) is 6.04 Å². The van der Waals surface area contributed by atoms with Crippen molar-refractivity contribution in [1.29, 1.82) is 0 Å². The van der Waals surface area contributed by atoms with Crippen molar-refractivity contribution >= 4 is 17.8 Å². The first-order chi connectivity index (χ1) is 13.4. The first kappa shape index (κ1) is 22.7. The Morgan fingerprint density at radius 2 is 1.89 bits per heavy atom. The lowest BCUT2D eigenvalue weighted by molar-refractivity contribution is -0.152. The largest absolute Gasteiger partial charge is 0.480 e. The summed E-state index contributed by atoms with van der Waals surface area (Å²) in [6.07, 6.45) is 8.06. The van der Waals surface area contributed by atoms with E-state index in [1.165, 1.54) is 0 Å². The molecule has 2 rings (SSSR count). The Labute approximate surface area is 168 Å². The second kappa shape index (κ2) is 10.8. The smallest absolute Gasteiger partial charge is 0.326 e. The van der Waals surface area contributed by atoms with E-state index >= 15 is 0 Å². The molecular formula is C21H36N2O5. The van der Waals surface area contributed by atoms with Crippen LogP contribution < -0.4 is 5.32 Å². The summed E-state index contributed by atoms with van der Waals surface area (Å²) in [7, 11) is 0. The third-order valence-electron chi connectivity index (χ3n) is 6.12. The molecule has 0 aromatic rings. The fraction of sp³-hybridized carbons (Fsp3) is 0.857. The van der Waals surface area contributed by atoms with Gasteiger partial charge < -0.3 is 14.7 Å². The van der Waals surface area contributed by atoms with Gasteiger partial charge in [0.2, 0.25) is 5.91 Å². The molecule has 1 aliphatic carbocycles. The second-order valence-electron chi connectivity index (χ2n) is 8.14. The maximum Gasteiger partial charge on any atom is 0.326 e. The van der Waals surface area contributed by atoms with Crippen molar-refractivity contribution in [1.82, 2.24) is 10.2 Å². The topological polar surface area (TPSA) is 95.9 Å². The summed E-state index contributed by atoms with van der Waals surface area (Å²) in [6, 6.07) is -1.92. The van der Waals surface area contributed by atoms with Gasteiger partial charge >= 0.3 is 11.9 Å². The lowest BCUT2D eigenvalue weighted by Gasteiger charge is -2.35. The molecule has 0 unspecified atom stereocenters. The number of esters is 1. The number of carbonyl (C=O) groups is 3. The summed E-state index contributed by atoms with van der Waals surface area (Å²) in [4.78, 5) is 38.9. The van der Waals surface area contributed by atoms with Crippen LogP contribution in [0.4, 0.5) is 0 Å². The zero-order valence-corrected chi connectivity index (χ0v) is 17.5. The van der Waals surface area contributed by atoms with E-state index in [1.807, 2.05) is 0 Å². The number of carbonyl (C=O) groups excluding carboxylic acids is 2. The second-order valence-corrected chi connectivity index (χ2v) is 8.14. The van der Waals surface area contributed by atoms with Crippen LogP contribution in [0.15, 0.2) is 0 Å². The average molecular weight is 397 g/mol. The highest BCUT2D eigenvalue weighted by Gasteiger charge is 2.48. The van der Waals surface area contributed by atoms with Crippen LogP contribution in [0.1, 0.15) is 78.6 Å². The van der Waals surface area contributed by atoms with Crippen LogP contribution in [0.2, 0.25) is 0 Å². The van der Waals surface area contributed by atoms with Crippen LogP contribution in [0.5, 0.6) is 0 Å². The van der Waals surface area contributed by atoms with Gasteiger partial charge in [-0.25, -0.2) is 4.79 Å². The highest BCUT2D eigenvalue weighted by molar-refractivity contribution is 5.88. The number of rotatable bonds is 10. The maximum absolute atomic E-state index is 13.2. The normalized spacial score (nSPS) is 26.4. The van der Waals surface area contributed by atoms with Gasteiger partial charge in [0.1, 0.15) is 12.1 Å². The van der Waals surface area contributed by atoms with Gasteiger partial charge in [-0.2, -0.15) is 0 Å². The molecule has 2 aliphatic rings. The van der Waals surface area contributed by atoms with E-state index in [4.69, 9.17) is 4.74 Å². The molecule has 2 N–H and O–H groups in total. The first-order valence-electron chi connectivity index (χ1n) is 10.9. The van der Waals surface area contributed by atoms with E-state index in [-0.39, 0.29) is 23.8 Å². The Kier molecular flexibility index (Phi) is 8.73. The summed E-state index contributed by atoms with van der Waals surface area (Å²) < 4.78 is 5.17. The van der Waals surface area contributed by atoms with E-state index in [1.54, 1.807) is 18.7 Å². The molecule has 0 radical (unpaired) electrons. The quantitative estimate of drug-likeness (QED) is 0.435. The fourth-order valence-electron chi connectivity index (χ4n) is 4.70. The number of fused-ring (bicyclic) bond motifs is 1. The summed E-state index contributed by atoms with van der Waals surface area (Å²) >= 11 is 0. The maximum atomic E-state index is 13.2. The number of amides is 1. The SMILES string of the molecule is CCCCC[C@H](N[C@@H](C)C(=O)N1[C@H](C(=O)O)C[C@H]2CCCC[C@@H]21)C(=O)OCC. The minimum absolute atomic E-state index is 0.00716. The van der Waals surface area contributed by atoms with Gasteiger partial charge in [-0.05, 0) is 45.4 Å². The van der Waals surface area contributed by atoms with Crippen LogP contribution in [-0.2, 0) is 19.1 Å². The third-order valence-corrected chi connectivity index (χ3v) is 6.12. The van der Waals surface area contributed by atoms with Crippen molar-refractivity contribution in [3.05, 3.63) is 0 Å². The van der Waals surface area contributed by atoms with Gasteiger partial charge in [0.15, 0.2) is 0 Å². The molecular weight excluding hydrogens is 360 g/mol. The zero-order valence-electron chi connectivity index (χ0n) is 17.5. The van der Waals surface area contributed by atoms with Gasteiger partial charge in [-0.3, -0.25) is 14.9 Å². The third kappa shape index (κ3) is 5.46. The van der Waals surface area contributed by atoms with Gasteiger partial charge in [0.25, 0.3) is 0 Å². The standard InChI is InChI=1S/C21H36N2O5/c1-4-6-7-11-16(21(27)28-5-2)22-14(3)19(24)23-17-12-9-8-10-15(17)13-18(23)20(25)26/h14-18,22H,4-13H2,1-3H3,(H,25,26)/t14-,15+,16-,17-,18-/m0/s1. The van der Waals surface area contributed by atoms with Crippen molar-refractivity contribution in [2.45, 2.75) is 103 Å². The molecule has 1 saturated carbocycles. The highest BCUT2D eigenvalue weighted by atomic mass is 16.5. The molecule has 0 spiro atoms. The summed E-state index contributed by atoms with van der Waals surface area (Å²) in [5, 5.41) is 12.8. The van der Waals surface area contributed by atoms with E-state index < -0.39 is 24.1 Å². The number of aliphatic carboxylic acids is 1. The van der Waals surface area contributed by atoms with Crippen LogP contribution in [0.25, 0.3) is 0 Å². The van der Waals surface area contributed by atoms with Crippen molar-refractivity contribution in [3.8, 4) is 0 Å². The van der Waals surface area contributed by atoms with Crippen molar-refractivity contribution in [3.63, 3.8) is 0 Å². The van der Waals surface area contributed by atoms with Crippen molar-refractivity contribution in [2.24, 2.45) is 5.92 Å². The Balaban J connectivity index is 2.08. The Morgan fingerprint density at radius 3 is 2.54 bits per heavy atom. The van der Waals surface area contributed by atoms with E-state index in [9.17, 15) is 19.5 Å². The number of nitrogens with zero attached hydrogens (tertiary/aromatic N) is 1. The molecule has 2 fully saturated rings. The van der Waals surface area contributed by atoms with Crippen LogP contribution in [-0.4, -0.2) is 58.6 Å². The highest BCUT2D eigenvalue weighted by Crippen LogP contribution is 2.40. The predicted molar refractivity (Wildman–Crippen MR) is 106 cm³/mol. The van der Waals surface area contributed by atoms with Crippen molar-refractivity contribution in [2.75, 3.05) is 6.61 Å². The molecule has 1 amide bonds. The number of hydrogen-bond donors (Lipinski definition) is 2. The molecule has 0 aromatic heterocycles.